The van der Waals surface area contributed by atoms with E-state index in [2.05, 4.69) is 55.6 Å². The van der Waals surface area contributed by atoms with E-state index in [1.54, 1.807) is 6.08 Å². The molecule has 6 heteroatoms. The van der Waals surface area contributed by atoms with Crippen LogP contribution in [0.3, 0.4) is 0 Å². The molecule has 1 amide bonds. The topological polar surface area (TPSA) is 95.9 Å². The first-order valence-corrected chi connectivity index (χ1v) is 32.4. The number of carbonyl (C=O) groups is 2. The number of ether oxygens (including phenoxy) is 1. The summed E-state index contributed by atoms with van der Waals surface area (Å²) in [5, 5.41) is 23.0. The van der Waals surface area contributed by atoms with Crippen molar-refractivity contribution in [2.75, 3.05) is 13.2 Å². The first-order valence-electron chi connectivity index (χ1n) is 32.4. The van der Waals surface area contributed by atoms with Gasteiger partial charge in [0.05, 0.1) is 25.4 Å². The van der Waals surface area contributed by atoms with Gasteiger partial charge in [0.1, 0.15) is 0 Å². The van der Waals surface area contributed by atoms with E-state index in [-0.39, 0.29) is 18.5 Å². The number of hydrogen-bond donors (Lipinski definition) is 3. The van der Waals surface area contributed by atoms with Crippen LogP contribution in [0.25, 0.3) is 0 Å². The van der Waals surface area contributed by atoms with Crippen molar-refractivity contribution in [3.05, 3.63) is 48.6 Å². The van der Waals surface area contributed by atoms with Gasteiger partial charge in [-0.05, 0) is 89.9 Å². The van der Waals surface area contributed by atoms with E-state index in [4.69, 9.17) is 4.74 Å². The van der Waals surface area contributed by atoms with Crippen molar-refractivity contribution < 1.29 is 24.5 Å². The molecule has 0 spiro atoms. The van der Waals surface area contributed by atoms with Crippen LogP contribution in [0.2, 0.25) is 0 Å². The fourth-order valence-electron chi connectivity index (χ4n) is 9.84. The molecule has 3 N–H and O–H groups in total. The second-order valence-electron chi connectivity index (χ2n) is 22.1. The largest absolute Gasteiger partial charge is 0.466 e. The Hall–Kier alpha value is -2.18. The molecular formula is C67H125NO5. The van der Waals surface area contributed by atoms with Gasteiger partial charge in [-0.3, -0.25) is 9.59 Å². The van der Waals surface area contributed by atoms with Crippen LogP contribution >= 0.6 is 0 Å². The van der Waals surface area contributed by atoms with E-state index in [1.165, 1.54) is 263 Å². The van der Waals surface area contributed by atoms with Gasteiger partial charge in [-0.1, -0.05) is 287 Å². The number of nitrogens with one attached hydrogen (secondary N) is 1. The number of rotatable bonds is 60. The summed E-state index contributed by atoms with van der Waals surface area (Å²) in [5.74, 6) is -0.0643. The number of carbonyl (C=O) groups excluding carboxylic acids is 2. The minimum Gasteiger partial charge on any atom is -0.466 e. The summed E-state index contributed by atoms with van der Waals surface area (Å²) in [6.45, 7) is 4.88. The van der Waals surface area contributed by atoms with Gasteiger partial charge in [-0.2, -0.15) is 0 Å². The molecule has 2 unspecified atom stereocenters. The maximum Gasteiger partial charge on any atom is 0.305 e. The molecule has 0 saturated heterocycles. The number of allylic oxidation sites excluding steroid dienone is 7. The molecule has 0 aromatic rings. The molecule has 0 aliphatic rings. The summed E-state index contributed by atoms with van der Waals surface area (Å²) in [6.07, 6.45) is 80.4. The fourth-order valence-corrected chi connectivity index (χ4v) is 9.84. The van der Waals surface area contributed by atoms with Crippen LogP contribution < -0.4 is 5.32 Å². The first kappa shape index (κ1) is 70.8. The maximum atomic E-state index is 12.4. The number of aliphatic hydroxyl groups is 2. The second kappa shape index (κ2) is 62.4. The van der Waals surface area contributed by atoms with Crippen LogP contribution in [-0.4, -0.2) is 47.4 Å². The molecule has 6 nitrogen and oxygen atoms in total. The molecule has 0 fully saturated rings. The predicted molar refractivity (Wildman–Crippen MR) is 319 cm³/mol. The minimum atomic E-state index is -0.842. The van der Waals surface area contributed by atoms with Gasteiger partial charge in [0.2, 0.25) is 5.91 Å². The molecular weight excluding hydrogens is 899 g/mol. The normalized spacial score (nSPS) is 12.9. The Morgan fingerprint density at radius 2 is 0.685 bits per heavy atom. The monoisotopic (exact) mass is 1020 g/mol. The van der Waals surface area contributed by atoms with Gasteiger partial charge in [-0.15, -0.1) is 0 Å². The Bertz CT molecular complexity index is 1230. The zero-order chi connectivity index (χ0) is 52.9. The number of amides is 1. The molecule has 2 atom stereocenters. The summed E-state index contributed by atoms with van der Waals surface area (Å²) in [5.41, 5.74) is 0. The summed E-state index contributed by atoms with van der Waals surface area (Å²) in [7, 11) is 0. The van der Waals surface area contributed by atoms with Gasteiger partial charge in [0.15, 0.2) is 0 Å². The molecule has 0 aromatic carbocycles. The van der Waals surface area contributed by atoms with Crippen LogP contribution in [0.4, 0.5) is 0 Å². The van der Waals surface area contributed by atoms with Crippen LogP contribution in [0.1, 0.15) is 341 Å². The Balaban J connectivity index is 3.39. The third-order valence-electron chi connectivity index (χ3n) is 14.8. The van der Waals surface area contributed by atoms with Gasteiger partial charge < -0.3 is 20.3 Å². The van der Waals surface area contributed by atoms with Gasteiger partial charge in [0.25, 0.3) is 0 Å². The maximum absolute atomic E-state index is 12.4. The summed E-state index contributed by atoms with van der Waals surface area (Å²) < 4.78 is 5.48. The lowest BCUT2D eigenvalue weighted by molar-refractivity contribution is -0.143. The molecule has 0 saturated carbocycles. The average Bonchev–Trinajstić information content (AvgIpc) is 3.39. The minimum absolute atomic E-state index is 0.00467. The van der Waals surface area contributed by atoms with Crippen molar-refractivity contribution in [1.29, 1.82) is 0 Å². The standard InChI is InChI=1S/C67H125NO5/c1-3-5-7-9-11-13-15-16-34-38-41-45-49-53-57-61-67(72)73-62-58-54-50-46-42-39-36-33-31-29-27-25-23-21-19-17-18-20-22-24-26-28-30-32-35-37-40-44-48-52-56-60-66(71)68-64(63-69)65(70)59-55-51-47-43-14-12-10-8-6-4-2/h16,19,21,25,27,34,55,59,64-65,69-70H,3-15,17-18,20,22-24,26,28-33,35-54,56-58,60-63H2,1-2H3,(H,68,71)/b21-19-,27-25-,34-16-,59-55+. The smallest absolute Gasteiger partial charge is 0.305 e. The lowest BCUT2D eigenvalue weighted by Crippen LogP contribution is -2.45. The number of unbranched alkanes of at least 4 members (excludes halogenated alkanes) is 43. The Morgan fingerprint density at radius 3 is 1.05 bits per heavy atom. The number of hydrogen-bond acceptors (Lipinski definition) is 5. The van der Waals surface area contributed by atoms with Crippen molar-refractivity contribution in [2.24, 2.45) is 0 Å². The second-order valence-corrected chi connectivity index (χ2v) is 22.1. The summed E-state index contributed by atoms with van der Waals surface area (Å²) in [6, 6.07) is -0.626. The fraction of sp³-hybridized carbons (Fsp3) is 0.851. The van der Waals surface area contributed by atoms with Crippen LogP contribution in [0.15, 0.2) is 48.6 Å². The molecule has 73 heavy (non-hydrogen) atoms. The third kappa shape index (κ3) is 58.9. The van der Waals surface area contributed by atoms with E-state index < -0.39 is 12.1 Å². The molecule has 0 aliphatic carbocycles. The summed E-state index contributed by atoms with van der Waals surface area (Å²) in [4.78, 5) is 24.5. The predicted octanol–water partition coefficient (Wildman–Crippen LogP) is 20.5. The van der Waals surface area contributed by atoms with E-state index in [9.17, 15) is 19.8 Å². The van der Waals surface area contributed by atoms with Gasteiger partial charge in [-0.25, -0.2) is 0 Å². The molecule has 428 valence electrons. The van der Waals surface area contributed by atoms with Crippen molar-refractivity contribution in [2.45, 2.75) is 353 Å². The van der Waals surface area contributed by atoms with Crippen molar-refractivity contribution in [1.82, 2.24) is 5.32 Å². The molecule has 0 heterocycles. The van der Waals surface area contributed by atoms with Crippen molar-refractivity contribution >= 4 is 11.9 Å². The number of esters is 1. The van der Waals surface area contributed by atoms with Crippen LogP contribution in [0, 0.1) is 0 Å². The Labute approximate surface area is 455 Å². The van der Waals surface area contributed by atoms with E-state index in [1.807, 2.05) is 6.08 Å². The molecule has 0 radical (unpaired) electrons. The third-order valence-corrected chi connectivity index (χ3v) is 14.8. The number of aliphatic hydroxyl groups excluding tert-OH is 2. The quantitative estimate of drug-likeness (QED) is 0.0320. The van der Waals surface area contributed by atoms with Crippen LogP contribution in [-0.2, 0) is 14.3 Å². The lowest BCUT2D eigenvalue weighted by Gasteiger charge is -2.20. The van der Waals surface area contributed by atoms with Crippen molar-refractivity contribution in [3.63, 3.8) is 0 Å². The van der Waals surface area contributed by atoms with E-state index >= 15 is 0 Å². The van der Waals surface area contributed by atoms with Crippen molar-refractivity contribution in [3.8, 4) is 0 Å². The summed E-state index contributed by atoms with van der Waals surface area (Å²) >= 11 is 0. The first-order chi connectivity index (χ1) is 36.0. The van der Waals surface area contributed by atoms with E-state index in [0.717, 1.165) is 51.4 Å². The molecule has 0 rings (SSSR count). The highest BCUT2D eigenvalue weighted by Crippen LogP contribution is 2.17. The van der Waals surface area contributed by atoms with Crippen LogP contribution in [0.5, 0.6) is 0 Å². The zero-order valence-corrected chi connectivity index (χ0v) is 48.9. The van der Waals surface area contributed by atoms with E-state index in [0.29, 0.717) is 19.4 Å². The van der Waals surface area contributed by atoms with Gasteiger partial charge >= 0.3 is 5.97 Å². The van der Waals surface area contributed by atoms with Gasteiger partial charge in [0, 0.05) is 12.8 Å². The highest BCUT2D eigenvalue weighted by atomic mass is 16.5. The highest BCUT2D eigenvalue weighted by molar-refractivity contribution is 5.76. The molecule has 0 bridgehead atoms. The molecule has 0 aromatic heterocycles. The molecule has 0 aliphatic heterocycles. The zero-order valence-electron chi connectivity index (χ0n) is 48.9. The lowest BCUT2D eigenvalue weighted by atomic mass is 10.0. The average molecular weight is 1020 g/mol. The Kier molecular flexibility index (Phi) is 60.5. The highest BCUT2D eigenvalue weighted by Gasteiger charge is 2.18. The Morgan fingerprint density at radius 1 is 0.384 bits per heavy atom. The SMILES string of the molecule is CCCCCCCC/C=C\CCCCCCCC(=O)OCCCCCCCCCCC/C=C\C/C=C\CCCCCCCCCCCCCCCCCC(=O)NC(CO)C(O)/C=C/CCCCCCCCCC.